The Labute approximate surface area is 130 Å². The van der Waals surface area contributed by atoms with E-state index in [9.17, 15) is 4.79 Å². The van der Waals surface area contributed by atoms with Gasteiger partial charge in [-0.25, -0.2) is 4.79 Å². The average molecular weight is 299 g/mol. The van der Waals surface area contributed by atoms with E-state index in [1.54, 1.807) is 6.07 Å². The molecule has 3 fully saturated rings. The molecule has 116 valence electrons. The van der Waals surface area contributed by atoms with Crippen molar-refractivity contribution in [1.29, 1.82) is 0 Å². The van der Waals surface area contributed by atoms with Crippen LogP contribution in [0.5, 0.6) is 0 Å². The number of quaternary nitrogens is 1. The van der Waals surface area contributed by atoms with Crippen LogP contribution in [0, 0.1) is 13.8 Å². The molecule has 1 aromatic carbocycles. The smallest absolute Gasteiger partial charge is 0.336 e. The molecule has 4 heterocycles. The second kappa shape index (κ2) is 4.93. The lowest BCUT2D eigenvalue weighted by atomic mass is 10.0. The molecule has 3 aliphatic rings. The summed E-state index contributed by atoms with van der Waals surface area (Å²) in [5.74, 6) is 0. The fourth-order valence-electron chi connectivity index (χ4n) is 3.99. The summed E-state index contributed by atoms with van der Waals surface area (Å²) in [6.07, 6.45) is 0. The van der Waals surface area contributed by atoms with Gasteiger partial charge in [0.2, 0.25) is 0 Å². The second-order valence-corrected chi connectivity index (χ2v) is 6.99. The molecule has 0 N–H and O–H groups in total. The summed E-state index contributed by atoms with van der Waals surface area (Å²) in [5, 5.41) is 1.11. The zero-order valence-electron chi connectivity index (χ0n) is 13.4. The van der Waals surface area contributed by atoms with E-state index >= 15 is 0 Å². The SMILES string of the molecule is Cc1ccc2c(C[N+]34CCN(CC3)CC4)cc(=O)oc2c1C. The molecule has 2 bridgehead atoms. The number of benzene rings is 1. The lowest BCUT2D eigenvalue weighted by Gasteiger charge is -2.50. The largest absolute Gasteiger partial charge is 0.422 e. The average Bonchev–Trinajstić information content (AvgIpc) is 2.53. The normalized spacial score (nSPS) is 27.5. The fourth-order valence-corrected chi connectivity index (χ4v) is 3.99. The number of hydrogen-bond acceptors (Lipinski definition) is 3. The Bertz CT molecular complexity index is 772. The molecule has 0 spiro atoms. The van der Waals surface area contributed by atoms with Crippen LogP contribution >= 0.6 is 0 Å². The zero-order chi connectivity index (χ0) is 15.3. The van der Waals surface area contributed by atoms with Gasteiger partial charge < -0.3 is 8.90 Å². The van der Waals surface area contributed by atoms with Crippen molar-refractivity contribution in [3.63, 3.8) is 0 Å². The molecule has 4 nitrogen and oxygen atoms in total. The number of nitrogens with zero attached hydrogens (tertiary/aromatic N) is 2. The van der Waals surface area contributed by atoms with Crippen molar-refractivity contribution in [1.82, 2.24) is 4.90 Å². The van der Waals surface area contributed by atoms with Gasteiger partial charge in [0.25, 0.3) is 0 Å². The number of hydrogen-bond donors (Lipinski definition) is 0. The summed E-state index contributed by atoms with van der Waals surface area (Å²) in [6, 6.07) is 5.97. The Hall–Kier alpha value is -1.65. The van der Waals surface area contributed by atoms with Gasteiger partial charge in [-0.15, -0.1) is 0 Å². The first-order valence-electron chi connectivity index (χ1n) is 8.17. The summed E-state index contributed by atoms with van der Waals surface area (Å²) in [4.78, 5) is 14.6. The summed E-state index contributed by atoms with van der Waals surface area (Å²) in [6.45, 7) is 12.2. The molecule has 0 amide bonds. The Balaban J connectivity index is 1.81. The summed E-state index contributed by atoms with van der Waals surface area (Å²) >= 11 is 0. The van der Waals surface area contributed by atoms with Crippen molar-refractivity contribution in [3.05, 3.63) is 45.3 Å². The van der Waals surface area contributed by atoms with Crippen LogP contribution in [0.1, 0.15) is 16.7 Å². The van der Waals surface area contributed by atoms with E-state index in [-0.39, 0.29) is 5.63 Å². The van der Waals surface area contributed by atoms with E-state index < -0.39 is 0 Å². The first-order valence-corrected chi connectivity index (χ1v) is 8.17. The molecule has 0 aliphatic carbocycles. The minimum atomic E-state index is -0.218. The van der Waals surface area contributed by atoms with Crippen LogP contribution < -0.4 is 5.63 Å². The predicted molar refractivity (Wildman–Crippen MR) is 87.0 cm³/mol. The molecular weight excluding hydrogens is 276 g/mol. The Morgan fingerprint density at radius 2 is 1.82 bits per heavy atom. The Morgan fingerprint density at radius 3 is 2.50 bits per heavy atom. The Kier molecular flexibility index (Phi) is 3.13. The lowest BCUT2D eigenvalue weighted by molar-refractivity contribution is -0.953. The van der Waals surface area contributed by atoms with Gasteiger partial charge in [-0.1, -0.05) is 12.1 Å². The molecule has 0 radical (unpaired) electrons. The van der Waals surface area contributed by atoms with E-state index in [0.717, 1.165) is 33.1 Å². The molecule has 1 aromatic heterocycles. The molecule has 0 saturated carbocycles. The van der Waals surface area contributed by atoms with Crippen LogP contribution in [0.3, 0.4) is 0 Å². The molecule has 2 aromatic rings. The lowest BCUT2D eigenvalue weighted by Crippen LogP contribution is -2.66. The number of rotatable bonds is 2. The maximum Gasteiger partial charge on any atom is 0.336 e. The third-order valence-corrected chi connectivity index (χ3v) is 5.69. The van der Waals surface area contributed by atoms with Gasteiger partial charge in [-0.05, 0) is 25.0 Å². The maximum absolute atomic E-state index is 12.0. The minimum Gasteiger partial charge on any atom is -0.422 e. The molecular formula is C18H23N2O2+. The first kappa shape index (κ1) is 14.0. The third kappa shape index (κ3) is 2.18. The van der Waals surface area contributed by atoms with Crippen molar-refractivity contribution < 1.29 is 8.90 Å². The van der Waals surface area contributed by atoms with E-state index in [4.69, 9.17) is 4.42 Å². The van der Waals surface area contributed by atoms with Crippen molar-refractivity contribution in [2.45, 2.75) is 20.4 Å². The fraction of sp³-hybridized carbons (Fsp3) is 0.500. The predicted octanol–water partition coefficient (Wildman–Crippen LogP) is 2.06. The van der Waals surface area contributed by atoms with Gasteiger partial charge in [0.1, 0.15) is 12.1 Å². The summed E-state index contributed by atoms with van der Waals surface area (Å²) in [5.41, 5.74) is 3.97. The quantitative estimate of drug-likeness (QED) is 0.629. The van der Waals surface area contributed by atoms with Crippen LogP contribution in [0.15, 0.2) is 27.4 Å². The van der Waals surface area contributed by atoms with Gasteiger partial charge in [0, 0.05) is 36.7 Å². The van der Waals surface area contributed by atoms with Crippen LogP contribution in [-0.2, 0) is 6.54 Å². The molecule has 5 rings (SSSR count). The van der Waals surface area contributed by atoms with Gasteiger partial charge in [0.15, 0.2) is 0 Å². The number of piperazine rings is 3. The van der Waals surface area contributed by atoms with Crippen molar-refractivity contribution in [2.24, 2.45) is 0 Å². The van der Waals surface area contributed by atoms with Crippen LogP contribution in [0.2, 0.25) is 0 Å². The van der Waals surface area contributed by atoms with Gasteiger partial charge in [-0.3, -0.25) is 4.90 Å². The highest BCUT2D eigenvalue weighted by Gasteiger charge is 2.38. The maximum atomic E-state index is 12.0. The topological polar surface area (TPSA) is 33.5 Å². The van der Waals surface area contributed by atoms with Crippen molar-refractivity contribution in [3.8, 4) is 0 Å². The molecule has 0 atom stereocenters. The van der Waals surface area contributed by atoms with Gasteiger partial charge >= 0.3 is 5.63 Å². The van der Waals surface area contributed by atoms with Crippen LogP contribution in [0.25, 0.3) is 11.0 Å². The van der Waals surface area contributed by atoms with E-state index in [1.807, 2.05) is 6.92 Å². The highest BCUT2D eigenvalue weighted by molar-refractivity contribution is 5.83. The first-order chi connectivity index (χ1) is 10.6. The summed E-state index contributed by atoms with van der Waals surface area (Å²) in [7, 11) is 0. The Morgan fingerprint density at radius 1 is 1.14 bits per heavy atom. The number of aryl methyl sites for hydroxylation is 2. The molecule has 3 saturated heterocycles. The van der Waals surface area contributed by atoms with Crippen molar-refractivity contribution in [2.75, 3.05) is 39.3 Å². The van der Waals surface area contributed by atoms with Gasteiger partial charge in [-0.2, -0.15) is 0 Å². The van der Waals surface area contributed by atoms with E-state index in [1.165, 1.54) is 44.8 Å². The highest BCUT2D eigenvalue weighted by Crippen LogP contribution is 2.28. The van der Waals surface area contributed by atoms with E-state index in [0.29, 0.717) is 0 Å². The zero-order valence-corrected chi connectivity index (χ0v) is 13.4. The highest BCUT2D eigenvalue weighted by atomic mass is 16.4. The summed E-state index contributed by atoms with van der Waals surface area (Å²) < 4.78 is 6.64. The molecule has 22 heavy (non-hydrogen) atoms. The van der Waals surface area contributed by atoms with Crippen LogP contribution in [-0.4, -0.2) is 48.7 Å². The molecule has 4 heteroatoms. The third-order valence-electron chi connectivity index (χ3n) is 5.69. The van der Waals surface area contributed by atoms with Gasteiger partial charge in [0.05, 0.1) is 19.6 Å². The monoisotopic (exact) mass is 299 g/mol. The minimum absolute atomic E-state index is 0.218. The van der Waals surface area contributed by atoms with Crippen LogP contribution in [0.4, 0.5) is 0 Å². The molecule has 3 aliphatic heterocycles. The standard InChI is InChI=1S/C18H23N2O2/c1-13-3-4-16-15(11-17(21)22-18(16)14(13)2)12-20-8-5-19(6-9-20)7-10-20/h3-4,11H,5-10,12H2,1-2H3/q+1. The number of fused-ring (bicyclic) bond motifs is 4. The molecule has 0 unspecified atom stereocenters. The second-order valence-electron chi connectivity index (χ2n) is 6.99. The van der Waals surface area contributed by atoms with E-state index in [2.05, 4.69) is 24.0 Å². The van der Waals surface area contributed by atoms with Crippen molar-refractivity contribution >= 4 is 11.0 Å².